The number of anilines is 1. The molecule has 1 rings (SSSR count). The number of nitrogens with two attached hydrogens (primary N) is 1. The number of primary amides is 1. The van der Waals surface area contributed by atoms with Gasteiger partial charge in [0.25, 0.3) is 10.1 Å². The lowest BCUT2D eigenvalue weighted by molar-refractivity contribution is -0.148. The van der Waals surface area contributed by atoms with Crippen LogP contribution in [-0.2, 0) is 64.6 Å². The second-order valence-corrected chi connectivity index (χ2v) is 15.8. The highest BCUT2D eigenvalue weighted by atomic mass is 32.2. The average Bonchev–Trinajstić information content (AvgIpc) is 3.14. The van der Waals surface area contributed by atoms with Crippen LogP contribution in [0.3, 0.4) is 0 Å². The monoisotopic (exact) mass is 871 g/mol. The first-order valence-electron chi connectivity index (χ1n) is 19.0. The summed E-state index contributed by atoms with van der Waals surface area (Å²) >= 11 is 0. The summed E-state index contributed by atoms with van der Waals surface area (Å²) in [5.74, 6) is -9.19. The van der Waals surface area contributed by atoms with Crippen molar-refractivity contribution in [2.75, 3.05) is 30.8 Å². The lowest BCUT2D eigenvalue weighted by Crippen LogP contribution is -2.60. The van der Waals surface area contributed by atoms with Gasteiger partial charge in [-0.05, 0) is 49.8 Å². The number of carboxylic acids is 1. The van der Waals surface area contributed by atoms with Gasteiger partial charge in [-0.25, -0.2) is 4.79 Å². The van der Waals surface area contributed by atoms with Crippen molar-refractivity contribution in [1.29, 1.82) is 0 Å². The Kier molecular flexibility index (Phi) is 23.1. The maximum Gasteiger partial charge on any atom is 0.312 e. The maximum absolute atomic E-state index is 13.7. The van der Waals surface area contributed by atoms with Crippen LogP contribution >= 0.6 is 0 Å². The number of amides is 7. The Hall–Kier alpha value is -5.68. The van der Waals surface area contributed by atoms with E-state index in [2.05, 4.69) is 31.9 Å². The fourth-order valence-electron chi connectivity index (χ4n) is 5.02. The van der Waals surface area contributed by atoms with Crippen LogP contribution in [-0.4, -0.2) is 121 Å². The Morgan fingerprint density at radius 3 is 1.88 bits per heavy atom. The van der Waals surface area contributed by atoms with Crippen LogP contribution < -0.4 is 37.6 Å². The van der Waals surface area contributed by atoms with E-state index in [1.165, 1.54) is 32.9 Å². The van der Waals surface area contributed by atoms with Gasteiger partial charge in [-0.15, -0.1) is 0 Å². The highest BCUT2D eigenvalue weighted by molar-refractivity contribution is 7.85. The highest BCUT2D eigenvalue weighted by Gasteiger charge is 2.34. The second-order valence-electron chi connectivity index (χ2n) is 14.3. The minimum atomic E-state index is -4.99. The normalized spacial score (nSPS) is 13.2. The first-order valence-corrected chi connectivity index (χ1v) is 20.6. The van der Waals surface area contributed by atoms with Crippen LogP contribution in [0.4, 0.5) is 10.5 Å². The minimum Gasteiger partial charge on any atom is -0.481 e. The fourth-order valence-corrected chi connectivity index (χ4v) is 5.68. The van der Waals surface area contributed by atoms with Crippen LogP contribution in [0, 0.1) is 11.8 Å². The molecule has 0 aliphatic heterocycles. The van der Waals surface area contributed by atoms with Gasteiger partial charge in [0.1, 0.15) is 42.3 Å². The van der Waals surface area contributed by atoms with E-state index in [9.17, 15) is 61.2 Å². The van der Waals surface area contributed by atoms with E-state index in [1.54, 1.807) is 26.0 Å². The molecular formula is C37H57N7O15S. The average molecular weight is 872 g/mol. The van der Waals surface area contributed by atoms with Gasteiger partial charge in [-0.1, -0.05) is 39.8 Å². The summed E-state index contributed by atoms with van der Waals surface area (Å²) in [5, 5.41) is 23.5. The van der Waals surface area contributed by atoms with E-state index in [4.69, 9.17) is 15.2 Å². The maximum atomic E-state index is 13.7. The third-order valence-corrected chi connectivity index (χ3v) is 9.06. The Labute approximate surface area is 347 Å². The molecule has 7 amide bonds. The molecular weight excluding hydrogens is 815 g/mol. The van der Waals surface area contributed by atoms with E-state index < -0.39 is 106 Å². The lowest BCUT2D eigenvalue weighted by Gasteiger charge is -2.28. The number of carboxylic acid groups (broad SMARTS) is 1. The van der Waals surface area contributed by atoms with E-state index >= 15 is 0 Å². The third kappa shape index (κ3) is 22.5. The summed E-state index contributed by atoms with van der Waals surface area (Å²) in [7, 11) is -4.99. The van der Waals surface area contributed by atoms with Crippen LogP contribution in [0.5, 0.6) is 0 Å². The smallest absolute Gasteiger partial charge is 0.312 e. The van der Waals surface area contributed by atoms with Gasteiger partial charge in [0, 0.05) is 31.5 Å². The van der Waals surface area contributed by atoms with Crippen LogP contribution in [0.15, 0.2) is 24.3 Å². The summed E-state index contributed by atoms with van der Waals surface area (Å²) in [4.78, 5) is 112. The summed E-state index contributed by atoms with van der Waals surface area (Å²) in [5.41, 5.74) is 6.07. The number of Topliss-reactive ketones (excluding diaryl/α,β-unsaturated/α-hetero) is 1. The largest absolute Gasteiger partial charge is 0.481 e. The van der Waals surface area contributed by atoms with E-state index in [0.29, 0.717) is 11.3 Å². The number of ether oxygens (including phenoxy) is 2. The molecule has 0 aliphatic carbocycles. The van der Waals surface area contributed by atoms with Crippen molar-refractivity contribution in [3.63, 3.8) is 0 Å². The number of carbonyl (C=O) groups is 9. The molecule has 0 saturated carbocycles. The van der Waals surface area contributed by atoms with Crippen LogP contribution in [0.1, 0.15) is 78.7 Å². The Balaban J connectivity index is 3.22. The number of rotatable bonds is 28. The Morgan fingerprint density at radius 1 is 0.750 bits per heavy atom. The topological polar surface area (TPSA) is 345 Å². The fraction of sp³-hybridized carbons (Fsp3) is 0.595. The van der Waals surface area contributed by atoms with Crippen molar-refractivity contribution in [1.82, 2.24) is 26.6 Å². The van der Waals surface area contributed by atoms with Crippen molar-refractivity contribution in [3.05, 3.63) is 29.8 Å². The zero-order chi connectivity index (χ0) is 45.6. The number of nitrogens with one attached hydrogen (secondary N) is 6. The first kappa shape index (κ1) is 52.3. The van der Waals surface area contributed by atoms with Gasteiger partial charge in [-0.2, -0.15) is 8.42 Å². The number of aliphatic carboxylic acids is 1. The van der Waals surface area contributed by atoms with Crippen molar-refractivity contribution >= 4 is 69.1 Å². The van der Waals surface area contributed by atoms with Gasteiger partial charge in [-0.3, -0.25) is 42.9 Å². The lowest BCUT2D eigenvalue weighted by atomic mass is 10.0. The second kappa shape index (κ2) is 26.4. The van der Waals surface area contributed by atoms with E-state index in [1.807, 2.05) is 0 Å². The van der Waals surface area contributed by atoms with Crippen molar-refractivity contribution in [2.24, 2.45) is 17.6 Å². The number of esters is 1. The summed E-state index contributed by atoms with van der Waals surface area (Å²) < 4.78 is 44.0. The number of urea groups is 1. The van der Waals surface area contributed by atoms with Crippen LogP contribution in [0.25, 0.3) is 0 Å². The van der Waals surface area contributed by atoms with Crippen molar-refractivity contribution in [3.8, 4) is 0 Å². The van der Waals surface area contributed by atoms with Crippen molar-refractivity contribution < 1.29 is 70.7 Å². The number of benzene rings is 1. The molecule has 0 fully saturated rings. The van der Waals surface area contributed by atoms with Gasteiger partial charge < -0.3 is 52.2 Å². The number of hydrogen-bond acceptors (Lipinski definition) is 13. The zero-order valence-corrected chi connectivity index (χ0v) is 35.1. The molecule has 1 aromatic rings. The molecule has 10 N–H and O–H groups in total. The molecule has 22 nitrogen and oxygen atoms in total. The molecule has 0 saturated heterocycles. The first-order chi connectivity index (χ1) is 28.0. The number of hydrogen-bond donors (Lipinski definition) is 9. The van der Waals surface area contributed by atoms with Crippen molar-refractivity contribution in [2.45, 2.75) is 104 Å². The quantitative estimate of drug-likeness (QED) is 0.0291. The molecule has 0 aliphatic rings. The summed E-state index contributed by atoms with van der Waals surface area (Å²) in [6, 6.07) is -0.958. The molecule has 0 unspecified atom stereocenters. The van der Waals surface area contributed by atoms with E-state index in [0.717, 1.165) is 0 Å². The molecule has 4 atom stereocenters. The predicted octanol–water partition coefficient (Wildman–Crippen LogP) is -0.494. The Morgan fingerprint density at radius 2 is 1.33 bits per heavy atom. The predicted molar refractivity (Wildman–Crippen MR) is 213 cm³/mol. The molecule has 0 spiro atoms. The standard InChI is InChI=1S/C37H57N7O15S/c1-21(2)31(35(52)42-26(7-6-16-39-37(38)54)32(49)40-25-10-8-24(9-11-25)19-59-36(53)22(3)4)44-34(51)28(20-60(55,56)57)43-33(50)27(12-13-30(47)48)41-29(46)15-18-58-17-14-23(5)45/h8-11,21-22,26-28,31H,6-7,12-20H2,1-5H3,(H,40,49)(H,41,46)(H,42,52)(H,43,50)(H,44,51)(H,47,48)(H3,38,39,54)(H,55,56,57)/t26-,27-,28-,31-/m0/s1. The molecule has 0 bridgehead atoms. The van der Waals surface area contributed by atoms with Gasteiger partial charge in [0.15, 0.2) is 0 Å². The zero-order valence-electron chi connectivity index (χ0n) is 34.2. The van der Waals surface area contributed by atoms with E-state index in [-0.39, 0.29) is 63.7 Å². The molecule has 0 radical (unpaired) electrons. The third-order valence-electron chi connectivity index (χ3n) is 8.30. The minimum absolute atomic E-state index is 0.00362. The summed E-state index contributed by atoms with van der Waals surface area (Å²) in [6.07, 6.45) is -1.23. The van der Waals surface area contributed by atoms with Gasteiger partial charge in [0.2, 0.25) is 29.5 Å². The molecule has 336 valence electrons. The van der Waals surface area contributed by atoms with Gasteiger partial charge >= 0.3 is 18.0 Å². The summed E-state index contributed by atoms with van der Waals surface area (Å²) in [6.45, 7) is 7.65. The molecule has 60 heavy (non-hydrogen) atoms. The molecule has 23 heteroatoms. The van der Waals surface area contributed by atoms with Gasteiger partial charge in [0.05, 0.1) is 19.1 Å². The van der Waals surface area contributed by atoms with Crippen LogP contribution in [0.2, 0.25) is 0 Å². The molecule has 1 aromatic carbocycles. The Bertz CT molecular complexity index is 1770. The number of carbonyl (C=O) groups excluding carboxylic acids is 8. The molecule has 0 heterocycles. The SMILES string of the molecule is CC(=O)CCOCCC(=O)N[C@@H](CCC(=O)O)C(=O)N[C@@H](CS(=O)(=O)O)C(=O)N[C@H](C(=O)N[C@@H](CCCNC(N)=O)C(=O)Nc1ccc(COC(=O)C(C)C)cc1)C(C)C. The highest BCUT2D eigenvalue weighted by Crippen LogP contribution is 2.14. The number of ketones is 1. The molecule has 0 aromatic heterocycles.